The topological polar surface area (TPSA) is 77.1 Å². The minimum absolute atomic E-state index is 0.0177. The van der Waals surface area contributed by atoms with Gasteiger partial charge in [0.25, 0.3) is 5.56 Å². The fraction of sp³-hybridized carbons (Fsp3) is 0.278. The van der Waals surface area contributed by atoms with Gasteiger partial charge in [0.2, 0.25) is 5.91 Å². The third-order valence-corrected chi connectivity index (χ3v) is 4.40. The zero-order valence-corrected chi connectivity index (χ0v) is 15.3. The summed E-state index contributed by atoms with van der Waals surface area (Å²) in [6.07, 6.45) is 4.55. The van der Waals surface area contributed by atoms with Gasteiger partial charge in [0, 0.05) is 16.9 Å². The van der Waals surface area contributed by atoms with Gasteiger partial charge in [0.1, 0.15) is 12.3 Å². The number of hydrogen-bond acceptors (Lipinski definition) is 4. The summed E-state index contributed by atoms with van der Waals surface area (Å²) in [5.74, 6) is 0.673. The Balaban J connectivity index is 1.63. The molecule has 1 atom stereocenters. The normalized spacial score (nSPS) is 12.2. The quantitative estimate of drug-likeness (QED) is 0.686. The Kier molecular flexibility index (Phi) is 5.33. The van der Waals surface area contributed by atoms with Crippen LogP contribution < -0.4 is 10.9 Å². The van der Waals surface area contributed by atoms with Gasteiger partial charge in [-0.2, -0.15) is 0 Å². The molecule has 0 aliphatic carbocycles. The fourth-order valence-electron chi connectivity index (χ4n) is 2.60. The van der Waals surface area contributed by atoms with E-state index in [0.29, 0.717) is 10.9 Å². The summed E-state index contributed by atoms with van der Waals surface area (Å²) < 4.78 is 7.40. The molecule has 0 saturated heterocycles. The predicted molar refractivity (Wildman–Crippen MR) is 98.3 cm³/mol. The van der Waals surface area contributed by atoms with Crippen LogP contribution in [-0.4, -0.2) is 21.5 Å². The maximum absolute atomic E-state index is 12.5. The molecule has 1 N–H and O–H groups in total. The van der Waals surface area contributed by atoms with Crippen LogP contribution in [0.3, 0.4) is 0 Å². The first kappa shape index (κ1) is 17.4. The first-order valence-electron chi connectivity index (χ1n) is 7.99. The molecule has 2 aromatic heterocycles. The van der Waals surface area contributed by atoms with Crippen molar-refractivity contribution in [3.05, 3.63) is 63.5 Å². The van der Waals surface area contributed by atoms with Crippen LogP contribution in [0, 0.1) is 0 Å². The van der Waals surface area contributed by atoms with Crippen molar-refractivity contribution in [1.29, 1.82) is 0 Å². The third-order valence-electron chi connectivity index (χ3n) is 3.91. The third kappa shape index (κ3) is 4.36. The van der Waals surface area contributed by atoms with E-state index in [1.165, 1.54) is 10.9 Å². The van der Waals surface area contributed by atoms with Crippen LogP contribution in [0.15, 0.2) is 56.6 Å². The van der Waals surface area contributed by atoms with Crippen molar-refractivity contribution < 1.29 is 9.21 Å². The van der Waals surface area contributed by atoms with E-state index in [1.807, 2.05) is 25.1 Å². The van der Waals surface area contributed by atoms with Crippen LogP contribution >= 0.6 is 15.9 Å². The monoisotopic (exact) mass is 403 g/mol. The maximum atomic E-state index is 12.5. The van der Waals surface area contributed by atoms with Gasteiger partial charge in [0.05, 0.1) is 23.5 Å². The standard InChI is InChI=1S/C18H18BrN3O3/c1-12(4-6-14-3-2-8-25-14)21-17(23)10-22-11-20-16-7-5-13(19)9-15(16)18(22)24/h2-3,5,7-9,11-12H,4,6,10H2,1H3,(H,21,23). The predicted octanol–water partition coefficient (Wildman–Crippen LogP) is 2.89. The van der Waals surface area contributed by atoms with E-state index < -0.39 is 0 Å². The number of amides is 1. The lowest BCUT2D eigenvalue weighted by molar-refractivity contribution is -0.122. The number of nitrogens with zero attached hydrogens (tertiary/aromatic N) is 2. The number of hydrogen-bond donors (Lipinski definition) is 1. The lowest BCUT2D eigenvalue weighted by Crippen LogP contribution is -2.37. The Bertz CT molecular complexity index is 934. The van der Waals surface area contributed by atoms with Gasteiger partial charge in [0.15, 0.2) is 0 Å². The molecular weight excluding hydrogens is 386 g/mol. The molecule has 1 aromatic carbocycles. The maximum Gasteiger partial charge on any atom is 0.261 e. The van der Waals surface area contributed by atoms with E-state index in [9.17, 15) is 9.59 Å². The molecule has 0 aliphatic rings. The van der Waals surface area contributed by atoms with E-state index >= 15 is 0 Å². The molecule has 0 spiro atoms. The molecule has 25 heavy (non-hydrogen) atoms. The van der Waals surface area contributed by atoms with Crippen molar-refractivity contribution in [3.8, 4) is 0 Å². The summed E-state index contributed by atoms with van der Waals surface area (Å²) >= 11 is 3.35. The number of aryl methyl sites for hydroxylation is 1. The van der Waals surface area contributed by atoms with Crippen molar-refractivity contribution in [1.82, 2.24) is 14.9 Å². The van der Waals surface area contributed by atoms with Crippen LogP contribution in [0.25, 0.3) is 10.9 Å². The zero-order valence-electron chi connectivity index (χ0n) is 13.7. The summed E-state index contributed by atoms with van der Waals surface area (Å²) in [5.41, 5.74) is 0.376. The molecule has 0 fully saturated rings. The number of carbonyl (C=O) groups is 1. The Labute approximate surface area is 153 Å². The highest BCUT2D eigenvalue weighted by molar-refractivity contribution is 9.10. The van der Waals surface area contributed by atoms with Crippen molar-refractivity contribution in [2.75, 3.05) is 0 Å². The van der Waals surface area contributed by atoms with Crippen molar-refractivity contribution in [3.63, 3.8) is 0 Å². The smallest absolute Gasteiger partial charge is 0.261 e. The SMILES string of the molecule is CC(CCc1ccco1)NC(=O)Cn1cnc2ccc(Br)cc2c1=O. The second-order valence-corrected chi connectivity index (χ2v) is 6.84. The number of benzene rings is 1. The number of carbonyl (C=O) groups excluding carboxylic acids is 1. The number of aromatic nitrogens is 2. The number of rotatable bonds is 6. The Morgan fingerprint density at radius 2 is 2.24 bits per heavy atom. The Morgan fingerprint density at radius 1 is 1.40 bits per heavy atom. The van der Waals surface area contributed by atoms with Gasteiger partial charge in [-0.25, -0.2) is 4.98 Å². The van der Waals surface area contributed by atoms with E-state index in [-0.39, 0.29) is 24.1 Å². The van der Waals surface area contributed by atoms with Crippen molar-refractivity contribution in [2.24, 2.45) is 0 Å². The highest BCUT2D eigenvalue weighted by atomic mass is 79.9. The highest BCUT2D eigenvalue weighted by Gasteiger charge is 2.11. The van der Waals surface area contributed by atoms with Gasteiger partial charge >= 0.3 is 0 Å². The fourth-order valence-corrected chi connectivity index (χ4v) is 2.97. The van der Waals surface area contributed by atoms with Crippen molar-refractivity contribution >= 4 is 32.7 Å². The molecule has 1 unspecified atom stereocenters. The molecular formula is C18H18BrN3O3. The molecule has 0 bridgehead atoms. The summed E-state index contributed by atoms with van der Waals surface area (Å²) in [6.45, 7) is 1.87. The first-order valence-corrected chi connectivity index (χ1v) is 8.78. The summed E-state index contributed by atoms with van der Waals surface area (Å²) in [7, 11) is 0. The van der Waals surface area contributed by atoms with Crippen LogP contribution in [-0.2, 0) is 17.8 Å². The molecule has 0 aliphatic heterocycles. The van der Waals surface area contributed by atoms with Gasteiger partial charge in [-0.1, -0.05) is 15.9 Å². The van der Waals surface area contributed by atoms with Gasteiger partial charge in [-0.15, -0.1) is 0 Å². The van der Waals surface area contributed by atoms with Gasteiger partial charge < -0.3 is 9.73 Å². The zero-order chi connectivity index (χ0) is 17.8. The average molecular weight is 404 g/mol. The van der Waals surface area contributed by atoms with E-state index in [4.69, 9.17) is 4.42 Å². The Morgan fingerprint density at radius 3 is 3.00 bits per heavy atom. The van der Waals surface area contributed by atoms with E-state index in [1.54, 1.807) is 18.4 Å². The lowest BCUT2D eigenvalue weighted by Gasteiger charge is -2.14. The second-order valence-electron chi connectivity index (χ2n) is 5.93. The molecule has 2 heterocycles. The minimum atomic E-state index is -0.232. The molecule has 0 radical (unpaired) electrons. The van der Waals surface area contributed by atoms with Crippen LogP contribution in [0.1, 0.15) is 19.1 Å². The van der Waals surface area contributed by atoms with Crippen LogP contribution in [0.2, 0.25) is 0 Å². The largest absolute Gasteiger partial charge is 0.469 e. The van der Waals surface area contributed by atoms with Crippen LogP contribution in [0.4, 0.5) is 0 Å². The average Bonchev–Trinajstić information content (AvgIpc) is 3.09. The highest BCUT2D eigenvalue weighted by Crippen LogP contribution is 2.14. The Hall–Kier alpha value is -2.41. The van der Waals surface area contributed by atoms with E-state index in [0.717, 1.165) is 23.1 Å². The summed E-state index contributed by atoms with van der Waals surface area (Å²) in [6, 6.07) is 9.04. The second kappa shape index (κ2) is 7.65. The molecule has 3 rings (SSSR count). The first-order chi connectivity index (χ1) is 12.0. The molecule has 130 valence electrons. The van der Waals surface area contributed by atoms with Crippen LogP contribution in [0.5, 0.6) is 0 Å². The van der Waals surface area contributed by atoms with Gasteiger partial charge in [-0.3, -0.25) is 14.2 Å². The number of halogens is 1. The summed E-state index contributed by atoms with van der Waals surface area (Å²) in [4.78, 5) is 28.9. The molecule has 6 nitrogen and oxygen atoms in total. The number of fused-ring (bicyclic) bond motifs is 1. The number of furan rings is 1. The molecule has 3 aromatic rings. The van der Waals surface area contributed by atoms with Gasteiger partial charge in [-0.05, 0) is 43.7 Å². The minimum Gasteiger partial charge on any atom is -0.469 e. The lowest BCUT2D eigenvalue weighted by atomic mass is 10.1. The molecule has 1 amide bonds. The van der Waals surface area contributed by atoms with E-state index in [2.05, 4.69) is 26.2 Å². The molecule has 0 saturated carbocycles. The summed E-state index contributed by atoms with van der Waals surface area (Å²) in [5, 5.41) is 3.38. The molecule has 7 heteroatoms. The van der Waals surface area contributed by atoms with Crippen molar-refractivity contribution in [2.45, 2.75) is 32.4 Å². The number of nitrogens with one attached hydrogen (secondary N) is 1.